The van der Waals surface area contributed by atoms with Crippen LogP contribution in [0.25, 0.3) is 0 Å². The molecule has 77 heavy (non-hydrogen) atoms. The number of nitrogens with zero attached hydrogens (tertiary/aromatic N) is 6. The largest absolute Gasteiger partial charge is 0.417 e. The number of esters is 1. The minimum Gasteiger partial charge on any atom is -0.375 e. The predicted octanol–water partition coefficient (Wildman–Crippen LogP) is 4.46. The zero-order valence-corrected chi connectivity index (χ0v) is 50.9. The maximum atomic E-state index is 14.8. The summed E-state index contributed by atoms with van der Waals surface area (Å²) in [6.07, 6.45) is 0.237. The van der Waals surface area contributed by atoms with E-state index in [0.717, 1.165) is 11.2 Å². The number of cyclic esters (lactones) is 2. The van der Waals surface area contributed by atoms with Gasteiger partial charge in [0.2, 0.25) is 41.4 Å². The Morgan fingerprint density at radius 1 is 0.532 bits per heavy atom. The van der Waals surface area contributed by atoms with Crippen molar-refractivity contribution in [3.05, 3.63) is 0 Å². The van der Waals surface area contributed by atoms with Crippen LogP contribution in [-0.4, -0.2) is 193 Å². The molecule has 1 saturated heterocycles. The van der Waals surface area contributed by atoms with E-state index in [9.17, 15) is 47.9 Å². The Labute approximate surface area is 461 Å². The Balaban J connectivity index is 4.19. The second-order valence-corrected chi connectivity index (χ2v) is 24.1. The number of carbonyl (C=O) groups excluding carboxylic acids is 10. The fourth-order valence-corrected chi connectivity index (χ4v) is 9.68. The lowest BCUT2D eigenvalue weighted by Gasteiger charge is -2.40. The van der Waals surface area contributed by atoms with Crippen LogP contribution in [0.1, 0.15) is 155 Å². The zero-order chi connectivity index (χ0) is 59.5. The first-order valence-corrected chi connectivity index (χ1v) is 28.0. The van der Waals surface area contributed by atoms with Gasteiger partial charge in [-0.25, -0.2) is 9.59 Å². The number of hydrogen-bond donors (Lipinski definition) is 4. The summed E-state index contributed by atoms with van der Waals surface area (Å²) >= 11 is 0. The van der Waals surface area contributed by atoms with E-state index in [1.165, 1.54) is 54.8 Å². The van der Waals surface area contributed by atoms with Crippen LogP contribution in [0.2, 0.25) is 0 Å². The second-order valence-electron chi connectivity index (χ2n) is 24.1. The molecule has 10 atom stereocenters. The van der Waals surface area contributed by atoms with Crippen LogP contribution in [0.15, 0.2) is 0 Å². The molecular weight excluding hydrogens is 989 g/mol. The minimum atomic E-state index is -1.22. The van der Waals surface area contributed by atoms with Crippen molar-refractivity contribution in [2.45, 2.75) is 210 Å². The molecule has 3 unspecified atom stereocenters. The highest BCUT2D eigenvalue weighted by atomic mass is 16.6. The van der Waals surface area contributed by atoms with E-state index in [-0.39, 0.29) is 74.0 Å². The van der Waals surface area contributed by atoms with E-state index in [4.69, 9.17) is 4.74 Å². The van der Waals surface area contributed by atoms with E-state index >= 15 is 0 Å². The molecular formula is C56H102N10O11. The van der Waals surface area contributed by atoms with Gasteiger partial charge in [0.05, 0.1) is 18.9 Å². The lowest BCUT2D eigenvalue weighted by molar-refractivity contribution is -0.151. The number of likely N-dealkylation sites (N-methyl/N-ethyl adjacent to an activating group) is 5. The number of ether oxygens (including phenoxy) is 1. The van der Waals surface area contributed by atoms with Crippen molar-refractivity contribution in [1.82, 2.24) is 50.7 Å². The van der Waals surface area contributed by atoms with Crippen LogP contribution in [0.3, 0.4) is 0 Å². The first-order valence-electron chi connectivity index (χ1n) is 28.0. The molecule has 1 fully saturated rings. The molecule has 0 spiro atoms. The number of hydrogen-bond acceptors (Lipinski definition) is 13. The molecule has 21 heteroatoms. The molecule has 0 bridgehead atoms. The Morgan fingerprint density at radius 3 is 1.45 bits per heavy atom. The summed E-state index contributed by atoms with van der Waals surface area (Å²) in [5, 5.41) is 12.2. The van der Waals surface area contributed by atoms with Crippen LogP contribution in [-0.2, 0) is 47.9 Å². The highest BCUT2D eigenvalue weighted by Crippen LogP contribution is 2.23. The standard InChI is InChI=1S/C56H102N10O11/c1-22-40-52(72)61(16)31-47(68)62(17)42(26-33(4)5)51(71)60-46(29-36(10)11)65(20)45(28-35(8)9)57-39(15)55(75)77-56(76)64(19)43(27-34(6)7)49(69)59-41(25-32(2)3)53(73)66(21)48(37(12)13)54(74)63(18)44(50(70)58-40)30-38(14)23-24-67/h24,32-46,48,57H,22-23,25-31H2,1-21H3,(H,58,70)(H,59,69)(H,60,71)/t38-,39-,40?,41-,42+,43-,44?,45-,46+,48?/m1/s1. The Hall–Kier alpha value is -5.18. The molecule has 1 aliphatic heterocycles. The molecule has 1 rings (SSSR count). The minimum absolute atomic E-state index is 0.0186. The van der Waals surface area contributed by atoms with E-state index in [2.05, 4.69) is 21.3 Å². The normalized spacial score (nSPS) is 26.6. The molecule has 8 amide bonds. The van der Waals surface area contributed by atoms with Gasteiger partial charge in [0.1, 0.15) is 48.6 Å². The summed E-state index contributed by atoms with van der Waals surface area (Å²) in [6.45, 7) is 27.4. The number of nitrogens with one attached hydrogen (secondary N) is 4. The number of amides is 8. The first-order chi connectivity index (χ1) is 35.6. The highest BCUT2D eigenvalue weighted by molar-refractivity contribution is 5.97. The maximum Gasteiger partial charge on any atom is 0.417 e. The average molecular weight is 1090 g/mol. The number of carbonyl (C=O) groups is 10. The predicted molar refractivity (Wildman–Crippen MR) is 297 cm³/mol. The molecule has 0 aromatic rings. The van der Waals surface area contributed by atoms with Crippen LogP contribution in [0.4, 0.5) is 4.79 Å². The summed E-state index contributed by atoms with van der Waals surface area (Å²) in [6, 6.07) is -7.92. The second kappa shape index (κ2) is 32.7. The molecule has 0 radical (unpaired) electrons. The van der Waals surface area contributed by atoms with Gasteiger partial charge < -0.3 is 45.1 Å². The van der Waals surface area contributed by atoms with Gasteiger partial charge in [-0.1, -0.05) is 96.9 Å². The van der Waals surface area contributed by atoms with Crippen molar-refractivity contribution in [3.8, 4) is 0 Å². The smallest absolute Gasteiger partial charge is 0.375 e. The molecule has 1 aliphatic rings. The van der Waals surface area contributed by atoms with Crippen molar-refractivity contribution in [2.24, 2.45) is 41.4 Å². The van der Waals surface area contributed by atoms with Crippen LogP contribution < -0.4 is 21.3 Å². The van der Waals surface area contributed by atoms with E-state index in [0.29, 0.717) is 12.8 Å². The van der Waals surface area contributed by atoms with Gasteiger partial charge in [-0.05, 0) is 100 Å². The van der Waals surface area contributed by atoms with Crippen molar-refractivity contribution in [2.75, 3.05) is 48.8 Å². The molecule has 1 heterocycles. The Morgan fingerprint density at radius 2 is 0.987 bits per heavy atom. The first kappa shape index (κ1) is 69.8. The summed E-state index contributed by atoms with van der Waals surface area (Å²) in [7, 11) is 9.00. The molecule has 0 aromatic carbocycles. The molecule has 0 aliphatic carbocycles. The van der Waals surface area contributed by atoms with Crippen molar-refractivity contribution in [3.63, 3.8) is 0 Å². The lowest BCUT2D eigenvalue weighted by Crippen LogP contribution is -2.61. The van der Waals surface area contributed by atoms with Gasteiger partial charge in [-0.2, -0.15) is 0 Å². The van der Waals surface area contributed by atoms with Crippen molar-refractivity contribution in [1.29, 1.82) is 0 Å². The van der Waals surface area contributed by atoms with Crippen LogP contribution in [0.5, 0.6) is 0 Å². The third kappa shape index (κ3) is 21.9. The molecule has 4 N–H and O–H groups in total. The maximum absolute atomic E-state index is 14.8. The zero-order valence-electron chi connectivity index (χ0n) is 50.9. The summed E-state index contributed by atoms with van der Waals surface area (Å²) < 4.78 is 5.47. The van der Waals surface area contributed by atoms with Gasteiger partial charge in [-0.3, -0.25) is 48.7 Å². The number of aldehydes is 1. The Kier molecular flexibility index (Phi) is 29.6. The van der Waals surface area contributed by atoms with Crippen molar-refractivity contribution < 1.29 is 52.7 Å². The third-order valence-corrected chi connectivity index (χ3v) is 14.3. The van der Waals surface area contributed by atoms with Gasteiger partial charge >= 0.3 is 12.1 Å². The van der Waals surface area contributed by atoms with E-state index < -0.39 is 120 Å². The van der Waals surface area contributed by atoms with Crippen molar-refractivity contribution >= 4 is 59.7 Å². The van der Waals surface area contributed by atoms with Crippen LogP contribution in [0, 0.1) is 41.4 Å². The molecule has 0 saturated carbocycles. The fourth-order valence-electron chi connectivity index (χ4n) is 9.68. The molecule has 0 aromatic heterocycles. The molecule has 442 valence electrons. The summed E-state index contributed by atoms with van der Waals surface area (Å²) in [4.78, 5) is 149. The van der Waals surface area contributed by atoms with Gasteiger partial charge in [0, 0.05) is 41.7 Å². The Bertz CT molecular complexity index is 1980. The highest BCUT2D eigenvalue weighted by Gasteiger charge is 2.42. The van der Waals surface area contributed by atoms with E-state index in [1.807, 2.05) is 81.2 Å². The SMILES string of the molecule is CCC1NC(=O)C(C[C@H](C)CC=O)N(C)C(=O)C(C(C)C)N(C)C(=O)[C@@H](CC(C)C)NC(=O)[C@@H](CC(C)C)N(C)C(=O)OC(=O)[C@@H](C)N[C@@H](CC(C)C)N(C)[C@@H](CC(C)C)NC(=O)[C@H](CC(C)C)N(C)C(=O)CN(C)C1=O. The third-order valence-electron chi connectivity index (χ3n) is 14.3. The summed E-state index contributed by atoms with van der Waals surface area (Å²) in [5.41, 5.74) is 0. The van der Waals surface area contributed by atoms with Gasteiger partial charge in [0.25, 0.3) is 0 Å². The number of rotatable bonds is 16. The monoisotopic (exact) mass is 1090 g/mol. The van der Waals surface area contributed by atoms with Gasteiger partial charge in [-0.15, -0.1) is 0 Å². The lowest BCUT2D eigenvalue weighted by atomic mass is 9.94. The van der Waals surface area contributed by atoms with Gasteiger partial charge in [0.15, 0.2) is 0 Å². The quantitative estimate of drug-likeness (QED) is 0.0949. The molecule has 21 nitrogen and oxygen atoms in total. The van der Waals surface area contributed by atoms with E-state index in [1.54, 1.807) is 34.6 Å². The average Bonchev–Trinajstić information content (AvgIpc) is 3.32. The van der Waals surface area contributed by atoms with Crippen LogP contribution >= 0.6 is 0 Å². The fraction of sp³-hybridized carbons (Fsp3) is 0.821. The topological polar surface area (TPSA) is 247 Å². The summed E-state index contributed by atoms with van der Waals surface area (Å²) in [5.74, 6) is -6.07.